The highest BCUT2D eigenvalue weighted by Crippen LogP contribution is 2.37. The average molecular weight is 474 g/mol. The lowest BCUT2D eigenvalue weighted by Gasteiger charge is -2.22. The second-order valence-electron chi connectivity index (χ2n) is 6.64. The summed E-state index contributed by atoms with van der Waals surface area (Å²) in [5, 5.41) is 17.0. The van der Waals surface area contributed by atoms with Crippen molar-refractivity contribution in [1.82, 2.24) is 14.9 Å². The highest BCUT2D eigenvalue weighted by molar-refractivity contribution is 8.78. The Bertz CT molecular complexity index is 744. The van der Waals surface area contributed by atoms with Gasteiger partial charge < -0.3 is 31.3 Å². The van der Waals surface area contributed by atoms with E-state index in [9.17, 15) is 14.7 Å². The van der Waals surface area contributed by atoms with Crippen LogP contribution in [-0.2, 0) is 20.9 Å². The number of carboxylic acids is 1. The number of allylic oxidation sites excluding steroid dienone is 1. The number of carbonyl (C=O) groups excluding carboxylic acids is 1. The molecule has 1 aromatic heterocycles. The monoisotopic (exact) mass is 473 g/mol. The first-order valence-corrected chi connectivity index (χ1v) is 12.1. The number of nitrogens with zero attached hydrogens (tertiary/aromatic N) is 3. The van der Waals surface area contributed by atoms with Gasteiger partial charge in [0.05, 0.1) is 19.2 Å². The number of aliphatic hydroxyl groups excluding tert-OH is 1. The molecule has 1 aliphatic heterocycles. The molecule has 174 valence electrons. The zero-order chi connectivity index (χ0) is 23.2. The molecule has 6 N–H and O–H groups in total. The fraction of sp³-hybridized carbons (Fsp3) is 0.579. The van der Waals surface area contributed by atoms with Crippen molar-refractivity contribution in [3.63, 3.8) is 0 Å². The molecule has 2 rings (SSSR count). The lowest BCUT2D eigenvalue weighted by molar-refractivity contribution is -0.135. The van der Waals surface area contributed by atoms with Crippen molar-refractivity contribution in [3.8, 4) is 0 Å². The Balaban J connectivity index is 0.000000861. The molecule has 0 radical (unpaired) electrons. The molecule has 1 aromatic rings. The van der Waals surface area contributed by atoms with E-state index in [2.05, 4.69) is 15.7 Å². The van der Waals surface area contributed by atoms with E-state index in [4.69, 9.17) is 15.6 Å². The molecule has 0 saturated carbocycles. The van der Waals surface area contributed by atoms with Crippen molar-refractivity contribution in [2.75, 3.05) is 31.2 Å². The predicted octanol–water partition coefficient (Wildman–Crippen LogP) is 1.53. The summed E-state index contributed by atoms with van der Waals surface area (Å²) < 4.78 is 5.63. The Morgan fingerprint density at radius 3 is 2.71 bits per heavy atom. The van der Waals surface area contributed by atoms with Gasteiger partial charge in [0.15, 0.2) is 0 Å². The number of anilines is 1. The minimum Gasteiger partial charge on any atom is -0.480 e. The molecular weight excluding hydrogens is 442 g/mol. The number of carbonyl (C=O) groups is 2. The van der Waals surface area contributed by atoms with Crippen LogP contribution in [0.2, 0.25) is 0 Å². The summed E-state index contributed by atoms with van der Waals surface area (Å²) in [5.74, 6) is 0.900. The van der Waals surface area contributed by atoms with Crippen LogP contribution in [0.5, 0.6) is 0 Å². The SMILES string of the molecule is C/C(=C(/CCO)SSCC1CCCO1)N(C=O)Cc1cnc(C)nc1N.NCC(=O)O. The zero-order valence-corrected chi connectivity index (χ0v) is 19.5. The van der Waals surface area contributed by atoms with E-state index in [1.54, 1.807) is 39.6 Å². The normalized spacial score (nSPS) is 16.2. The number of aryl methyl sites for hydroxylation is 1. The number of rotatable bonds is 11. The smallest absolute Gasteiger partial charge is 0.317 e. The summed E-state index contributed by atoms with van der Waals surface area (Å²) in [5.41, 5.74) is 12.0. The van der Waals surface area contributed by atoms with E-state index in [1.807, 2.05) is 6.92 Å². The maximum absolute atomic E-state index is 11.6. The van der Waals surface area contributed by atoms with Crippen LogP contribution in [0.4, 0.5) is 5.82 Å². The number of nitrogens with two attached hydrogens (primary N) is 2. The van der Waals surface area contributed by atoms with E-state index in [-0.39, 0.29) is 13.2 Å². The molecule has 0 spiro atoms. The third kappa shape index (κ3) is 10.3. The van der Waals surface area contributed by atoms with Gasteiger partial charge in [0.25, 0.3) is 0 Å². The molecular formula is C19H31N5O5S2. The first-order chi connectivity index (χ1) is 14.8. The lowest BCUT2D eigenvalue weighted by atomic mass is 10.2. The fourth-order valence-corrected chi connectivity index (χ4v) is 5.29. The van der Waals surface area contributed by atoms with Gasteiger partial charge in [0.2, 0.25) is 6.41 Å². The first-order valence-electron chi connectivity index (χ1n) is 9.75. The molecule has 1 fully saturated rings. The minimum atomic E-state index is -0.968. The molecule has 1 aliphatic rings. The standard InChI is InChI=1S/C17H26N4O3S2.C2H5NO2/c1-12(16(5-6-22)26-25-10-15-4-3-7-24-15)21(11-23)9-14-8-19-13(2)20-17(14)18;3-1-2(4)5/h8,11,15,22H,3-7,9-10H2,1-2H3,(H2,18,19,20);1,3H2,(H,4,5)/b16-12+;. The number of carboxylic acid groups (broad SMARTS) is 1. The van der Waals surface area contributed by atoms with Crippen molar-refractivity contribution in [2.24, 2.45) is 5.73 Å². The van der Waals surface area contributed by atoms with Gasteiger partial charge in [0.1, 0.15) is 11.6 Å². The van der Waals surface area contributed by atoms with Crippen LogP contribution < -0.4 is 11.5 Å². The number of hydrogen-bond acceptors (Lipinski definition) is 10. The Labute approximate surface area is 190 Å². The minimum absolute atomic E-state index is 0.0304. The van der Waals surface area contributed by atoms with Gasteiger partial charge in [-0.2, -0.15) is 0 Å². The number of nitrogen functional groups attached to an aromatic ring is 1. The molecule has 1 unspecified atom stereocenters. The highest BCUT2D eigenvalue weighted by atomic mass is 33.1. The van der Waals surface area contributed by atoms with Crippen molar-refractivity contribution in [3.05, 3.63) is 28.2 Å². The van der Waals surface area contributed by atoms with Crippen LogP contribution in [0.15, 0.2) is 16.8 Å². The lowest BCUT2D eigenvalue weighted by Crippen LogP contribution is -2.22. The van der Waals surface area contributed by atoms with E-state index < -0.39 is 5.97 Å². The zero-order valence-electron chi connectivity index (χ0n) is 17.8. The molecule has 0 bridgehead atoms. The summed E-state index contributed by atoms with van der Waals surface area (Å²) >= 11 is 0. The second kappa shape index (κ2) is 15.0. The number of aliphatic hydroxyl groups is 1. The molecule has 1 atom stereocenters. The van der Waals surface area contributed by atoms with Gasteiger partial charge in [-0.3, -0.25) is 9.59 Å². The van der Waals surface area contributed by atoms with Gasteiger partial charge in [-0.1, -0.05) is 21.6 Å². The Hall–Kier alpha value is -1.86. The van der Waals surface area contributed by atoms with Crippen LogP contribution in [-0.4, -0.2) is 69.1 Å². The first kappa shape index (κ1) is 27.2. The fourth-order valence-electron chi connectivity index (χ4n) is 2.55. The van der Waals surface area contributed by atoms with Crippen molar-refractivity contribution in [1.29, 1.82) is 0 Å². The third-order valence-corrected chi connectivity index (χ3v) is 6.96. The largest absolute Gasteiger partial charge is 0.480 e. The molecule has 12 heteroatoms. The molecule has 1 saturated heterocycles. The average Bonchev–Trinajstić information content (AvgIpc) is 3.26. The van der Waals surface area contributed by atoms with Crippen LogP contribution in [0.3, 0.4) is 0 Å². The molecule has 0 aromatic carbocycles. The Morgan fingerprint density at radius 2 is 2.19 bits per heavy atom. The highest BCUT2D eigenvalue weighted by Gasteiger charge is 2.18. The van der Waals surface area contributed by atoms with E-state index >= 15 is 0 Å². The van der Waals surface area contributed by atoms with Crippen molar-refractivity contribution in [2.45, 2.75) is 45.8 Å². The van der Waals surface area contributed by atoms with Gasteiger partial charge in [-0.25, -0.2) is 9.97 Å². The van der Waals surface area contributed by atoms with Crippen LogP contribution in [0.25, 0.3) is 0 Å². The van der Waals surface area contributed by atoms with Gasteiger partial charge in [0, 0.05) is 47.7 Å². The van der Waals surface area contributed by atoms with Crippen LogP contribution >= 0.6 is 21.6 Å². The second-order valence-corrected chi connectivity index (χ2v) is 9.08. The number of ether oxygens (including phenoxy) is 1. The molecule has 0 aliphatic carbocycles. The quantitative estimate of drug-likeness (QED) is 0.272. The number of hydrogen-bond donors (Lipinski definition) is 4. The molecule has 2 heterocycles. The van der Waals surface area contributed by atoms with Gasteiger partial charge in [-0.05, 0) is 26.7 Å². The van der Waals surface area contributed by atoms with E-state index in [0.717, 1.165) is 42.2 Å². The maximum atomic E-state index is 11.6. The van der Waals surface area contributed by atoms with E-state index in [1.165, 1.54) is 0 Å². The van der Waals surface area contributed by atoms with Crippen LogP contribution in [0.1, 0.15) is 37.6 Å². The van der Waals surface area contributed by atoms with E-state index in [0.29, 0.717) is 36.3 Å². The number of aromatic nitrogens is 2. The Kier molecular flexibility index (Phi) is 13.2. The molecule has 10 nitrogen and oxygen atoms in total. The number of aliphatic carboxylic acids is 1. The van der Waals surface area contributed by atoms with Crippen molar-refractivity contribution >= 4 is 39.8 Å². The topological polar surface area (TPSA) is 165 Å². The molecule has 1 amide bonds. The summed E-state index contributed by atoms with van der Waals surface area (Å²) in [6.07, 6.45) is 5.43. The third-order valence-electron chi connectivity index (χ3n) is 4.27. The number of amides is 1. The summed E-state index contributed by atoms with van der Waals surface area (Å²) in [6, 6.07) is 0. The summed E-state index contributed by atoms with van der Waals surface area (Å²) in [7, 11) is 3.29. The van der Waals surface area contributed by atoms with Crippen LogP contribution in [0, 0.1) is 6.92 Å². The predicted molar refractivity (Wildman–Crippen MR) is 123 cm³/mol. The van der Waals surface area contributed by atoms with Gasteiger partial charge >= 0.3 is 5.97 Å². The maximum Gasteiger partial charge on any atom is 0.317 e. The van der Waals surface area contributed by atoms with Gasteiger partial charge in [-0.15, -0.1) is 0 Å². The summed E-state index contributed by atoms with van der Waals surface area (Å²) in [4.78, 5) is 31.7. The van der Waals surface area contributed by atoms with Crippen molar-refractivity contribution < 1.29 is 24.5 Å². The Morgan fingerprint density at radius 1 is 1.48 bits per heavy atom. The summed E-state index contributed by atoms with van der Waals surface area (Å²) in [6.45, 7) is 4.54. The molecule has 31 heavy (non-hydrogen) atoms.